The molecule has 2 N–H and O–H groups in total. The average molecular weight is 446 g/mol. The number of piperazine rings is 1. The summed E-state index contributed by atoms with van der Waals surface area (Å²) in [5.41, 5.74) is 1.12. The first-order valence-corrected chi connectivity index (χ1v) is 11.8. The lowest BCUT2D eigenvalue weighted by Crippen LogP contribution is -2.47. The first-order chi connectivity index (χ1) is 15.4. The minimum atomic E-state index is -0.833. The van der Waals surface area contributed by atoms with Crippen LogP contribution in [0.25, 0.3) is 0 Å². The predicted octanol–water partition coefficient (Wildman–Crippen LogP) is 1.10. The Kier molecular flexibility index (Phi) is 7.02. The Bertz CT molecular complexity index is 796. The molecule has 176 valence electrons. The van der Waals surface area contributed by atoms with Gasteiger partial charge < -0.3 is 19.8 Å². The van der Waals surface area contributed by atoms with Crippen molar-refractivity contribution in [3.8, 4) is 5.75 Å². The van der Waals surface area contributed by atoms with Gasteiger partial charge in [-0.15, -0.1) is 0 Å². The third-order valence-corrected chi connectivity index (χ3v) is 6.87. The van der Waals surface area contributed by atoms with Crippen molar-refractivity contribution in [3.63, 3.8) is 0 Å². The maximum Gasteiger partial charge on any atom is 0.235 e. The number of rotatable bonds is 7. The van der Waals surface area contributed by atoms with Crippen molar-refractivity contribution in [1.82, 2.24) is 9.80 Å². The summed E-state index contributed by atoms with van der Waals surface area (Å²) in [5, 5.41) is 20.4. The number of para-hydroxylation sites is 2. The van der Waals surface area contributed by atoms with Crippen LogP contribution in [0.3, 0.4) is 0 Å². The van der Waals surface area contributed by atoms with Gasteiger partial charge in [-0.1, -0.05) is 12.1 Å². The molecule has 2 amide bonds. The molecular formula is C24H35N3O5. The number of fused-ring (bicyclic) bond motifs is 1. The zero-order valence-corrected chi connectivity index (χ0v) is 19.0. The van der Waals surface area contributed by atoms with Gasteiger partial charge in [-0.2, -0.15) is 0 Å². The number of carbonyl (C=O) groups is 2. The molecule has 0 bridgehead atoms. The van der Waals surface area contributed by atoms with Crippen molar-refractivity contribution >= 4 is 17.5 Å². The molecule has 1 saturated carbocycles. The highest BCUT2D eigenvalue weighted by atomic mass is 16.5. The number of carbonyl (C=O) groups excluding carboxylic acids is 2. The molecule has 0 radical (unpaired) electrons. The monoisotopic (exact) mass is 445 g/mol. The van der Waals surface area contributed by atoms with Crippen molar-refractivity contribution in [2.45, 2.75) is 51.4 Å². The summed E-state index contributed by atoms with van der Waals surface area (Å²) >= 11 is 0. The van der Waals surface area contributed by atoms with Gasteiger partial charge in [0.2, 0.25) is 11.8 Å². The van der Waals surface area contributed by atoms with Crippen LogP contribution in [0.1, 0.15) is 33.1 Å². The van der Waals surface area contributed by atoms with Crippen LogP contribution < -0.4 is 9.64 Å². The number of benzene rings is 1. The van der Waals surface area contributed by atoms with Crippen molar-refractivity contribution in [3.05, 3.63) is 24.3 Å². The minimum Gasteiger partial charge on any atom is -0.489 e. The van der Waals surface area contributed by atoms with E-state index in [9.17, 15) is 19.8 Å². The number of amides is 2. The number of aliphatic hydroxyl groups excluding tert-OH is 2. The van der Waals surface area contributed by atoms with E-state index in [4.69, 9.17) is 4.74 Å². The molecule has 4 rings (SSSR count). The lowest BCUT2D eigenvalue weighted by molar-refractivity contribution is -0.140. The van der Waals surface area contributed by atoms with E-state index in [0.29, 0.717) is 25.8 Å². The van der Waals surface area contributed by atoms with Crippen LogP contribution in [-0.2, 0) is 9.59 Å². The summed E-state index contributed by atoms with van der Waals surface area (Å²) in [6.07, 6.45) is -0.119. The predicted molar refractivity (Wildman–Crippen MR) is 120 cm³/mol. The van der Waals surface area contributed by atoms with Gasteiger partial charge in [-0.3, -0.25) is 19.4 Å². The summed E-state index contributed by atoms with van der Waals surface area (Å²) in [6, 6.07) is 8.13. The fraction of sp³-hybridized carbons (Fsp3) is 0.667. The van der Waals surface area contributed by atoms with E-state index < -0.39 is 24.0 Å². The van der Waals surface area contributed by atoms with E-state index in [0.717, 1.165) is 44.2 Å². The molecule has 2 heterocycles. The molecule has 3 aliphatic rings. The molecule has 4 unspecified atom stereocenters. The van der Waals surface area contributed by atoms with E-state index in [1.54, 1.807) is 0 Å². The Hall–Kier alpha value is -2.16. The number of aliphatic hydroxyl groups is 2. The van der Waals surface area contributed by atoms with Crippen LogP contribution in [0.2, 0.25) is 0 Å². The second kappa shape index (κ2) is 9.77. The summed E-state index contributed by atoms with van der Waals surface area (Å²) in [7, 11) is 0. The highest BCUT2D eigenvalue weighted by Crippen LogP contribution is 2.38. The topological polar surface area (TPSA) is 93.6 Å². The zero-order valence-electron chi connectivity index (χ0n) is 19.0. The molecule has 32 heavy (non-hydrogen) atoms. The van der Waals surface area contributed by atoms with Crippen LogP contribution in [0, 0.1) is 11.8 Å². The van der Waals surface area contributed by atoms with Crippen molar-refractivity contribution in [1.29, 1.82) is 0 Å². The van der Waals surface area contributed by atoms with Crippen LogP contribution in [0.5, 0.6) is 5.75 Å². The molecule has 3 fully saturated rings. The number of hydrogen-bond acceptors (Lipinski definition) is 7. The largest absolute Gasteiger partial charge is 0.489 e. The Morgan fingerprint density at radius 2 is 1.53 bits per heavy atom. The van der Waals surface area contributed by atoms with Gasteiger partial charge in [-0.05, 0) is 51.8 Å². The van der Waals surface area contributed by atoms with E-state index in [1.165, 1.54) is 4.90 Å². The maximum absolute atomic E-state index is 12.7. The summed E-state index contributed by atoms with van der Waals surface area (Å²) in [4.78, 5) is 31.4. The van der Waals surface area contributed by atoms with Crippen LogP contribution >= 0.6 is 0 Å². The first kappa shape index (κ1) is 23.0. The van der Waals surface area contributed by atoms with Gasteiger partial charge in [-0.25, -0.2) is 0 Å². The van der Waals surface area contributed by atoms with E-state index >= 15 is 0 Å². The Morgan fingerprint density at radius 1 is 0.938 bits per heavy atom. The van der Waals surface area contributed by atoms with E-state index in [-0.39, 0.29) is 17.9 Å². The molecule has 4 atom stereocenters. The number of ether oxygens (including phenoxy) is 1. The van der Waals surface area contributed by atoms with Crippen LogP contribution in [0.4, 0.5) is 5.69 Å². The molecule has 1 aromatic rings. The SMILES string of the molecule is CC(C)Oc1ccccc1N1CCN(CCCN2C(=O)C3C(O)CCC(O)C3C2=O)CC1. The van der Waals surface area contributed by atoms with Crippen LogP contribution in [0.15, 0.2) is 24.3 Å². The molecule has 0 aromatic heterocycles. The van der Waals surface area contributed by atoms with Gasteiger partial charge in [0, 0.05) is 32.7 Å². The standard InChI is InChI=1S/C24H35N3O5/c1-16(2)32-20-7-4-3-6-17(20)26-14-12-25(13-15-26)10-5-11-27-23(30)21-18(28)8-9-19(29)22(21)24(27)31/h3-4,6-7,16,18-19,21-22,28-29H,5,8-15H2,1-2H3. The van der Waals surface area contributed by atoms with Crippen LogP contribution in [-0.4, -0.2) is 89.4 Å². The molecule has 0 spiro atoms. The minimum absolute atomic E-state index is 0.125. The molecule has 2 saturated heterocycles. The highest BCUT2D eigenvalue weighted by Gasteiger charge is 2.55. The smallest absolute Gasteiger partial charge is 0.235 e. The normalized spacial score (nSPS) is 29.0. The second-order valence-electron chi connectivity index (χ2n) is 9.41. The number of anilines is 1. The Balaban J connectivity index is 1.27. The third kappa shape index (κ3) is 4.63. The van der Waals surface area contributed by atoms with Crippen molar-refractivity contribution in [2.24, 2.45) is 11.8 Å². The lowest BCUT2D eigenvalue weighted by atomic mass is 9.77. The lowest BCUT2D eigenvalue weighted by Gasteiger charge is -2.37. The molecule has 8 heteroatoms. The first-order valence-electron chi connectivity index (χ1n) is 11.8. The van der Waals surface area contributed by atoms with Gasteiger partial charge in [0.1, 0.15) is 5.75 Å². The number of imide groups is 1. The second-order valence-corrected chi connectivity index (χ2v) is 9.41. The van der Waals surface area contributed by atoms with Gasteiger partial charge in [0.05, 0.1) is 35.8 Å². The van der Waals surface area contributed by atoms with E-state index in [2.05, 4.69) is 15.9 Å². The quantitative estimate of drug-likeness (QED) is 0.607. The molecule has 1 aromatic carbocycles. The Labute approximate surface area is 189 Å². The average Bonchev–Trinajstić information content (AvgIpc) is 3.03. The molecule has 2 aliphatic heterocycles. The van der Waals surface area contributed by atoms with Crippen molar-refractivity contribution < 1.29 is 24.5 Å². The summed E-state index contributed by atoms with van der Waals surface area (Å²) in [5.74, 6) is -1.28. The fourth-order valence-corrected chi connectivity index (χ4v) is 5.24. The third-order valence-electron chi connectivity index (χ3n) is 6.87. The summed E-state index contributed by atoms with van der Waals surface area (Å²) < 4.78 is 5.96. The fourth-order valence-electron chi connectivity index (χ4n) is 5.24. The summed E-state index contributed by atoms with van der Waals surface area (Å²) in [6.45, 7) is 8.79. The zero-order chi connectivity index (χ0) is 22.8. The van der Waals surface area contributed by atoms with E-state index in [1.807, 2.05) is 32.0 Å². The molecule has 8 nitrogen and oxygen atoms in total. The Morgan fingerprint density at radius 3 is 2.12 bits per heavy atom. The molecule has 1 aliphatic carbocycles. The van der Waals surface area contributed by atoms with Crippen molar-refractivity contribution in [2.75, 3.05) is 44.2 Å². The highest BCUT2D eigenvalue weighted by molar-refractivity contribution is 6.05. The van der Waals surface area contributed by atoms with Gasteiger partial charge in [0.15, 0.2) is 0 Å². The van der Waals surface area contributed by atoms with Gasteiger partial charge in [0.25, 0.3) is 0 Å². The maximum atomic E-state index is 12.7. The van der Waals surface area contributed by atoms with Gasteiger partial charge >= 0.3 is 0 Å². The number of likely N-dealkylation sites (tertiary alicyclic amines) is 1. The number of nitrogens with zero attached hydrogens (tertiary/aromatic N) is 3. The molecular weight excluding hydrogens is 410 g/mol. The number of hydrogen-bond donors (Lipinski definition) is 2.